The topological polar surface area (TPSA) is 79.4 Å². The van der Waals surface area contributed by atoms with Gasteiger partial charge in [0.2, 0.25) is 0 Å². The molecule has 0 saturated heterocycles. The van der Waals surface area contributed by atoms with Gasteiger partial charge in [0.1, 0.15) is 5.82 Å². The SMILES string of the molecule is Cc1cc(C)c(C)c(S(=O)(=O)Nc2ccccc2C(=O)N(c2ccccn2)C2CCCCC2)c1C. The molecular formula is C28H33N3O3S. The molecule has 4 rings (SSSR count). The van der Waals surface area contributed by atoms with Crippen LogP contribution in [0, 0.1) is 27.7 Å². The molecule has 0 spiro atoms. The minimum Gasteiger partial charge on any atom is -0.290 e. The van der Waals surface area contributed by atoms with Crippen molar-refractivity contribution in [1.82, 2.24) is 4.98 Å². The van der Waals surface area contributed by atoms with Crippen molar-refractivity contribution in [2.75, 3.05) is 9.62 Å². The third-order valence-corrected chi connectivity index (χ3v) is 8.66. The largest absolute Gasteiger partial charge is 0.290 e. The lowest BCUT2D eigenvalue weighted by molar-refractivity contribution is 0.0970. The average Bonchev–Trinajstić information content (AvgIpc) is 2.84. The summed E-state index contributed by atoms with van der Waals surface area (Å²) in [6.07, 6.45) is 6.75. The zero-order valence-electron chi connectivity index (χ0n) is 20.8. The van der Waals surface area contributed by atoms with Gasteiger partial charge in [-0.1, -0.05) is 43.5 Å². The van der Waals surface area contributed by atoms with Gasteiger partial charge < -0.3 is 0 Å². The number of amides is 1. The number of benzene rings is 2. The van der Waals surface area contributed by atoms with Crippen molar-refractivity contribution in [3.8, 4) is 0 Å². The number of sulfonamides is 1. The number of carbonyl (C=O) groups is 1. The number of anilines is 2. The first kappa shape index (κ1) is 24.9. The number of rotatable bonds is 6. The highest BCUT2D eigenvalue weighted by Gasteiger charge is 2.31. The summed E-state index contributed by atoms with van der Waals surface area (Å²) in [6, 6.07) is 14.4. The first-order chi connectivity index (χ1) is 16.7. The molecule has 1 amide bonds. The van der Waals surface area contributed by atoms with Crippen molar-refractivity contribution < 1.29 is 13.2 Å². The van der Waals surface area contributed by atoms with Crippen molar-refractivity contribution in [3.63, 3.8) is 0 Å². The van der Waals surface area contributed by atoms with E-state index in [0.29, 0.717) is 22.5 Å². The molecule has 7 heteroatoms. The van der Waals surface area contributed by atoms with Gasteiger partial charge in [-0.3, -0.25) is 14.4 Å². The number of pyridine rings is 1. The Labute approximate surface area is 208 Å². The summed E-state index contributed by atoms with van der Waals surface area (Å²) < 4.78 is 30.0. The molecule has 1 aliphatic rings. The Bertz CT molecular complexity index is 1300. The van der Waals surface area contributed by atoms with Crippen LogP contribution in [0.4, 0.5) is 11.5 Å². The number of aryl methyl sites for hydroxylation is 2. The van der Waals surface area contributed by atoms with E-state index in [0.717, 1.165) is 43.2 Å². The third kappa shape index (κ3) is 5.10. The van der Waals surface area contributed by atoms with Crippen LogP contribution in [0.5, 0.6) is 0 Å². The van der Waals surface area contributed by atoms with Crippen LogP contribution in [0.2, 0.25) is 0 Å². The quantitative estimate of drug-likeness (QED) is 0.452. The number of para-hydroxylation sites is 1. The molecule has 0 bridgehead atoms. The van der Waals surface area contributed by atoms with Crippen LogP contribution in [-0.2, 0) is 10.0 Å². The average molecular weight is 492 g/mol. The van der Waals surface area contributed by atoms with E-state index >= 15 is 0 Å². The van der Waals surface area contributed by atoms with Crippen LogP contribution < -0.4 is 9.62 Å². The summed E-state index contributed by atoms with van der Waals surface area (Å²) in [5.41, 5.74) is 3.83. The Morgan fingerprint density at radius 2 is 1.54 bits per heavy atom. The maximum absolute atomic E-state index is 14.0. The molecule has 1 aromatic heterocycles. The first-order valence-electron chi connectivity index (χ1n) is 12.1. The Morgan fingerprint density at radius 3 is 2.17 bits per heavy atom. The highest BCUT2D eigenvalue weighted by molar-refractivity contribution is 7.92. The molecule has 0 aliphatic heterocycles. The monoisotopic (exact) mass is 491 g/mol. The van der Waals surface area contributed by atoms with Gasteiger partial charge in [-0.25, -0.2) is 13.4 Å². The van der Waals surface area contributed by atoms with E-state index in [2.05, 4.69) is 9.71 Å². The minimum absolute atomic E-state index is 0.0275. The number of aromatic nitrogens is 1. The van der Waals surface area contributed by atoms with E-state index in [-0.39, 0.29) is 22.5 Å². The fourth-order valence-electron chi connectivity index (χ4n) is 4.96. The van der Waals surface area contributed by atoms with Crippen LogP contribution in [-0.4, -0.2) is 25.4 Å². The smallest absolute Gasteiger partial charge is 0.262 e. The molecule has 35 heavy (non-hydrogen) atoms. The normalized spacial score (nSPS) is 14.5. The van der Waals surface area contributed by atoms with E-state index in [1.54, 1.807) is 35.4 Å². The molecule has 1 saturated carbocycles. The molecule has 1 N–H and O–H groups in total. The Kier molecular flexibility index (Phi) is 7.26. The summed E-state index contributed by atoms with van der Waals surface area (Å²) in [4.78, 5) is 20.5. The van der Waals surface area contributed by atoms with Crippen LogP contribution in [0.1, 0.15) is 64.7 Å². The highest BCUT2D eigenvalue weighted by atomic mass is 32.2. The van der Waals surface area contributed by atoms with E-state index in [4.69, 9.17) is 0 Å². The van der Waals surface area contributed by atoms with Gasteiger partial charge in [0, 0.05) is 12.2 Å². The summed E-state index contributed by atoms with van der Waals surface area (Å²) in [6.45, 7) is 7.46. The number of hydrogen-bond acceptors (Lipinski definition) is 4. The van der Waals surface area contributed by atoms with Gasteiger partial charge in [-0.15, -0.1) is 0 Å². The lowest BCUT2D eigenvalue weighted by atomic mass is 9.93. The molecule has 1 aliphatic carbocycles. The molecule has 3 aromatic rings. The maximum Gasteiger partial charge on any atom is 0.262 e. The van der Waals surface area contributed by atoms with Crippen molar-refractivity contribution in [2.45, 2.75) is 70.7 Å². The molecule has 0 unspecified atom stereocenters. The van der Waals surface area contributed by atoms with Gasteiger partial charge in [-0.05, 0) is 87.1 Å². The number of carbonyl (C=O) groups excluding carboxylic acids is 1. The molecule has 1 fully saturated rings. The van der Waals surface area contributed by atoms with Gasteiger partial charge in [0.25, 0.3) is 15.9 Å². The number of nitrogens with zero attached hydrogens (tertiary/aromatic N) is 2. The second-order valence-electron chi connectivity index (χ2n) is 9.40. The predicted octanol–water partition coefficient (Wildman–Crippen LogP) is 6.10. The molecule has 0 radical (unpaired) electrons. The minimum atomic E-state index is -3.93. The van der Waals surface area contributed by atoms with Gasteiger partial charge in [0.15, 0.2) is 0 Å². The van der Waals surface area contributed by atoms with Crippen LogP contribution >= 0.6 is 0 Å². The zero-order chi connectivity index (χ0) is 25.2. The summed E-state index contributed by atoms with van der Waals surface area (Å²) in [5.74, 6) is 0.339. The van der Waals surface area contributed by atoms with Gasteiger partial charge in [-0.2, -0.15) is 0 Å². The van der Waals surface area contributed by atoms with Gasteiger partial charge >= 0.3 is 0 Å². The van der Waals surface area contributed by atoms with E-state index in [9.17, 15) is 13.2 Å². The second-order valence-corrected chi connectivity index (χ2v) is 11.0. The van der Waals surface area contributed by atoms with Crippen molar-refractivity contribution in [2.24, 2.45) is 0 Å². The van der Waals surface area contributed by atoms with Gasteiger partial charge in [0.05, 0.1) is 16.1 Å². The fraction of sp³-hybridized carbons (Fsp3) is 0.357. The Balaban J connectivity index is 1.75. The zero-order valence-corrected chi connectivity index (χ0v) is 21.7. The Hall–Kier alpha value is -3.19. The fourth-order valence-corrected chi connectivity index (χ4v) is 6.66. The van der Waals surface area contributed by atoms with Crippen molar-refractivity contribution >= 4 is 27.4 Å². The van der Waals surface area contributed by atoms with Crippen LogP contribution in [0.3, 0.4) is 0 Å². The van der Waals surface area contributed by atoms with Crippen LogP contribution in [0.15, 0.2) is 59.6 Å². The van der Waals surface area contributed by atoms with E-state index in [1.165, 1.54) is 0 Å². The molecule has 0 atom stereocenters. The Morgan fingerprint density at radius 1 is 0.914 bits per heavy atom. The summed E-state index contributed by atoms with van der Waals surface area (Å²) in [7, 11) is -3.93. The maximum atomic E-state index is 14.0. The molecular weight excluding hydrogens is 458 g/mol. The van der Waals surface area contributed by atoms with E-state index < -0.39 is 10.0 Å². The molecule has 184 valence electrons. The van der Waals surface area contributed by atoms with Crippen molar-refractivity contribution in [1.29, 1.82) is 0 Å². The summed E-state index contributed by atoms with van der Waals surface area (Å²) >= 11 is 0. The van der Waals surface area contributed by atoms with Crippen LogP contribution in [0.25, 0.3) is 0 Å². The molecule has 1 heterocycles. The predicted molar refractivity (Wildman–Crippen MR) is 141 cm³/mol. The first-order valence-corrected chi connectivity index (χ1v) is 13.6. The lowest BCUT2D eigenvalue weighted by Gasteiger charge is -2.34. The van der Waals surface area contributed by atoms with E-state index in [1.807, 2.05) is 52.0 Å². The lowest BCUT2D eigenvalue weighted by Crippen LogP contribution is -2.42. The second kappa shape index (κ2) is 10.2. The highest BCUT2D eigenvalue weighted by Crippen LogP contribution is 2.32. The van der Waals surface area contributed by atoms with Crippen molar-refractivity contribution in [3.05, 3.63) is 82.5 Å². The molecule has 2 aromatic carbocycles. The standard InChI is InChI=1S/C28H33N3O3S/c1-19-18-20(2)22(4)27(21(19)3)35(33,34)30-25-15-9-8-14-24(25)28(32)31(23-12-6-5-7-13-23)26-16-10-11-17-29-26/h8-11,14-18,23,30H,5-7,12-13H2,1-4H3. The summed E-state index contributed by atoms with van der Waals surface area (Å²) in [5, 5.41) is 0. The molecule has 6 nitrogen and oxygen atoms in total. The number of nitrogens with one attached hydrogen (secondary N) is 1. The number of hydrogen-bond donors (Lipinski definition) is 1. The third-order valence-electron chi connectivity index (χ3n) is 7.02.